The maximum Gasteiger partial charge on any atom is 0.347 e. The van der Waals surface area contributed by atoms with Crippen molar-refractivity contribution in [3.05, 3.63) is 76.7 Å². The van der Waals surface area contributed by atoms with Gasteiger partial charge in [0.15, 0.2) is 0 Å². The number of ether oxygens (including phenoxy) is 1. The fourth-order valence-electron chi connectivity index (χ4n) is 2.34. The van der Waals surface area contributed by atoms with Crippen molar-refractivity contribution in [3.8, 4) is 11.5 Å². The number of fused-ring (bicyclic) bond motifs is 1. The van der Waals surface area contributed by atoms with E-state index in [1.807, 2.05) is 0 Å². The van der Waals surface area contributed by atoms with Crippen LogP contribution in [0.4, 0.5) is 0 Å². The van der Waals surface area contributed by atoms with Crippen molar-refractivity contribution < 1.29 is 14.3 Å². The van der Waals surface area contributed by atoms with Crippen LogP contribution in [0.25, 0.3) is 16.5 Å². The van der Waals surface area contributed by atoms with Gasteiger partial charge in [0.05, 0.1) is 12.5 Å². The van der Waals surface area contributed by atoms with Crippen LogP contribution >= 0.6 is 0 Å². The van der Waals surface area contributed by atoms with Crippen LogP contribution in [0.15, 0.2) is 64.3 Å². The first-order valence-corrected chi connectivity index (χ1v) is 6.70. The molecule has 0 amide bonds. The summed E-state index contributed by atoms with van der Waals surface area (Å²) in [7, 11) is 1.58. The highest BCUT2D eigenvalue weighted by Crippen LogP contribution is 2.32. The molecule has 0 saturated carbocycles. The smallest absolute Gasteiger partial charge is 0.347 e. The number of rotatable bonds is 3. The number of para-hydroxylation sites is 1. The number of hydrogen-bond acceptors (Lipinski definition) is 4. The third-order valence-corrected chi connectivity index (χ3v) is 3.53. The van der Waals surface area contributed by atoms with Crippen LogP contribution in [0.5, 0.6) is 11.5 Å². The summed E-state index contributed by atoms with van der Waals surface area (Å²) in [6.07, 6.45) is 0. The van der Waals surface area contributed by atoms with Gasteiger partial charge in [-0.15, -0.1) is 0 Å². The Labute approximate surface area is 126 Å². The second kappa shape index (κ2) is 5.41. The van der Waals surface area contributed by atoms with Crippen LogP contribution in [0.3, 0.4) is 0 Å². The van der Waals surface area contributed by atoms with E-state index in [9.17, 15) is 9.90 Å². The van der Waals surface area contributed by atoms with E-state index >= 15 is 0 Å². The summed E-state index contributed by atoms with van der Waals surface area (Å²) in [4.78, 5) is 12.2. The van der Waals surface area contributed by atoms with Crippen LogP contribution in [-0.2, 0) is 0 Å². The molecule has 110 valence electrons. The highest BCUT2D eigenvalue weighted by molar-refractivity contribution is 5.91. The largest absolute Gasteiger partial charge is 0.506 e. The summed E-state index contributed by atoms with van der Waals surface area (Å²) in [5.41, 5.74) is 0.913. The fraction of sp³-hybridized carbons (Fsp3) is 0.0556. The Morgan fingerprint density at radius 2 is 1.82 bits per heavy atom. The zero-order chi connectivity index (χ0) is 15.7. The molecule has 1 N–H and O–H groups in total. The van der Waals surface area contributed by atoms with Gasteiger partial charge in [0.2, 0.25) is 0 Å². The van der Waals surface area contributed by atoms with E-state index < -0.39 is 5.63 Å². The molecule has 0 bridgehead atoms. The molecule has 0 unspecified atom stereocenters. The van der Waals surface area contributed by atoms with Gasteiger partial charge in [0, 0.05) is 0 Å². The molecule has 0 saturated heterocycles. The van der Waals surface area contributed by atoms with Gasteiger partial charge in [-0.3, -0.25) is 0 Å². The minimum atomic E-state index is -0.614. The lowest BCUT2D eigenvalue weighted by Crippen LogP contribution is -2.07. The Hall–Kier alpha value is -3.01. The molecule has 1 heterocycles. The highest BCUT2D eigenvalue weighted by atomic mass is 16.5. The summed E-state index contributed by atoms with van der Waals surface area (Å²) in [5.74, 6) is 0.582. The molecule has 3 rings (SSSR count). The van der Waals surface area contributed by atoms with E-state index in [1.165, 1.54) is 0 Å². The Bertz CT molecular complexity index is 905. The average Bonchev–Trinajstić information content (AvgIpc) is 2.55. The molecule has 4 heteroatoms. The van der Waals surface area contributed by atoms with Crippen molar-refractivity contribution in [1.82, 2.24) is 0 Å². The topological polar surface area (TPSA) is 59.7 Å². The van der Waals surface area contributed by atoms with Gasteiger partial charge in [-0.2, -0.15) is 0 Å². The minimum absolute atomic E-state index is 0.0730. The fourth-order valence-corrected chi connectivity index (χ4v) is 2.34. The molecule has 0 radical (unpaired) electrons. The maximum atomic E-state index is 12.2. The van der Waals surface area contributed by atoms with Gasteiger partial charge < -0.3 is 14.3 Å². The van der Waals surface area contributed by atoms with Crippen LogP contribution in [0.1, 0.15) is 11.1 Å². The monoisotopic (exact) mass is 294 g/mol. The van der Waals surface area contributed by atoms with Gasteiger partial charge in [-0.1, -0.05) is 30.8 Å². The quantitative estimate of drug-likeness (QED) is 0.750. The summed E-state index contributed by atoms with van der Waals surface area (Å²) < 4.78 is 10.4. The predicted molar refractivity (Wildman–Crippen MR) is 85.3 cm³/mol. The zero-order valence-corrected chi connectivity index (χ0v) is 12.0. The van der Waals surface area contributed by atoms with Gasteiger partial charge in [0.25, 0.3) is 0 Å². The molecule has 2 aromatic carbocycles. The van der Waals surface area contributed by atoms with Crippen molar-refractivity contribution in [2.24, 2.45) is 0 Å². The average molecular weight is 294 g/mol. The molecule has 0 atom stereocenters. The third kappa shape index (κ3) is 2.24. The predicted octanol–water partition coefficient (Wildman–Crippen LogP) is 3.57. The summed E-state index contributed by atoms with van der Waals surface area (Å²) in [6.45, 7) is 3.92. The molecule has 22 heavy (non-hydrogen) atoms. The zero-order valence-electron chi connectivity index (χ0n) is 12.0. The van der Waals surface area contributed by atoms with E-state index in [4.69, 9.17) is 9.15 Å². The van der Waals surface area contributed by atoms with Gasteiger partial charge in [0.1, 0.15) is 22.6 Å². The van der Waals surface area contributed by atoms with Crippen LogP contribution in [-0.4, -0.2) is 12.2 Å². The Morgan fingerprint density at radius 1 is 1.14 bits per heavy atom. The maximum absolute atomic E-state index is 12.2. The lowest BCUT2D eigenvalue weighted by molar-refractivity contribution is 0.415. The van der Waals surface area contributed by atoms with Gasteiger partial charge in [-0.25, -0.2) is 4.79 Å². The van der Waals surface area contributed by atoms with E-state index in [0.717, 1.165) is 0 Å². The molecule has 3 aromatic rings. The summed E-state index contributed by atoms with van der Waals surface area (Å²) in [6, 6.07) is 13.9. The van der Waals surface area contributed by atoms with Crippen molar-refractivity contribution in [2.45, 2.75) is 0 Å². The first-order chi connectivity index (χ1) is 10.6. The molecular formula is C18H14O4. The summed E-state index contributed by atoms with van der Waals surface area (Å²) >= 11 is 0. The van der Waals surface area contributed by atoms with Crippen molar-refractivity contribution in [3.63, 3.8) is 0 Å². The highest BCUT2D eigenvalue weighted by Gasteiger charge is 2.17. The number of benzene rings is 2. The minimum Gasteiger partial charge on any atom is -0.506 e. The van der Waals surface area contributed by atoms with Crippen molar-refractivity contribution in [2.75, 3.05) is 7.11 Å². The molecule has 0 aliphatic rings. The standard InChI is InChI=1S/C18H14O4/c1-11(12-7-9-13(21-2)10-8-12)16-17(19)14-5-3-4-6-15(14)22-18(16)20/h3-10,19H,1H2,2H3. The molecule has 0 spiro atoms. The number of methoxy groups -OCH3 is 1. The summed E-state index contributed by atoms with van der Waals surface area (Å²) in [5, 5.41) is 10.9. The first-order valence-electron chi connectivity index (χ1n) is 6.70. The van der Waals surface area contributed by atoms with E-state index in [-0.39, 0.29) is 11.3 Å². The Morgan fingerprint density at radius 3 is 2.50 bits per heavy atom. The molecular weight excluding hydrogens is 280 g/mol. The van der Waals surface area contributed by atoms with E-state index in [0.29, 0.717) is 27.9 Å². The number of hydrogen-bond donors (Lipinski definition) is 1. The Kier molecular flexibility index (Phi) is 3.43. The van der Waals surface area contributed by atoms with Gasteiger partial charge >= 0.3 is 5.63 Å². The molecule has 0 fully saturated rings. The second-order valence-electron chi connectivity index (χ2n) is 4.82. The molecule has 0 aliphatic carbocycles. The molecule has 4 nitrogen and oxygen atoms in total. The number of aromatic hydroxyl groups is 1. The van der Waals surface area contributed by atoms with Gasteiger partial charge in [-0.05, 0) is 35.4 Å². The first kappa shape index (κ1) is 13.9. The van der Waals surface area contributed by atoms with E-state index in [1.54, 1.807) is 55.6 Å². The third-order valence-electron chi connectivity index (χ3n) is 3.53. The second-order valence-corrected chi connectivity index (χ2v) is 4.82. The van der Waals surface area contributed by atoms with Crippen molar-refractivity contribution >= 4 is 16.5 Å². The van der Waals surface area contributed by atoms with Crippen LogP contribution in [0, 0.1) is 0 Å². The van der Waals surface area contributed by atoms with Crippen molar-refractivity contribution in [1.29, 1.82) is 0 Å². The SMILES string of the molecule is C=C(c1ccc(OC)cc1)c1c(O)c2ccccc2oc1=O. The lowest BCUT2D eigenvalue weighted by atomic mass is 9.99. The van der Waals surface area contributed by atoms with Crippen LogP contribution < -0.4 is 10.4 Å². The van der Waals surface area contributed by atoms with E-state index in [2.05, 4.69) is 6.58 Å². The normalized spacial score (nSPS) is 10.6. The molecule has 0 aliphatic heterocycles. The lowest BCUT2D eigenvalue weighted by Gasteiger charge is -2.09. The Balaban J connectivity index is 2.16. The van der Waals surface area contributed by atoms with Crippen LogP contribution in [0.2, 0.25) is 0 Å². The molecule has 1 aromatic heterocycles.